The highest BCUT2D eigenvalue weighted by molar-refractivity contribution is 5.78. The van der Waals surface area contributed by atoms with Crippen molar-refractivity contribution in [1.29, 1.82) is 0 Å². The quantitative estimate of drug-likeness (QED) is 0.593. The Morgan fingerprint density at radius 2 is 2.29 bits per heavy atom. The molecule has 0 fully saturated rings. The minimum atomic E-state index is -0.0470. The van der Waals surface area contributed by atoms with Gasteiger partial charge in [0.1, 0.15) is 0 Å². The maximum Gasteiger partial charge on any atom is 0.234 e. The van der Waals surface area contributed by atoms with Crippen LogP contribution in [0.4, 0.5) is 0 Å². The molecular weight excluding hydrogens is 212 g/mol. The van der Waals surface area contributed by atoms with Gasteiger partial charge in [0.2, 0.25) is 5.91 Å². The first-order valence-corrected chi connectivity index (χ1v) is 5.63. The van der Waals surface area contributed by atoms with Gasteiger partial charge in [-0.15, -0.1) is 6.42 Å². The maximum absolute atomic E-state index is 11.5. The lowest BCUT2D eigenvalue weighted by molar-refractivity contribution is -0.120. The average molecular weight is 230 g/mol. The number of benzene rings is 1. The summed E-state index contributed by atoms with van der Waals surface area (Å²) in [6.07, 6.45) is 5.08. The van der Waals surface area contributed by atoms with Crippen molar-refractivity contribution < 1.29 is 4.79 Å². The van der Waals surface area contributed by atoms with Crippen molar-refractivity contribution in [3.8, 4) is 12.3 Å². The van der Waals surface area contributed by atoms with E-state index < -0.39 is 0 Å². The van der Waals surface area contributed by atoms with E-state index in [-0.39, 0.29) is 18.5 Å². The van der Waals surface area contributed by atoms with E-state index in [2.05, 4.69) is 22.6 Å². The lowest BCUT2D eigenvalue weighted by Crippen LogP contribution is -2.35. The molecule has 1 atom stereocenters. The summed E-state index contributed by atoms with van der Waals surface area (Å²) in [5.74, 6) is 2.38. The zero-order valence-corrected chi connectivity index (χ0v) is 10.3. The molecule has 0 aliphatic carbocycles. The van der Waals surface area contributed by atoms with Crippen LogP contribution in [0, 0.1) is 19.3 Å². The number of carbonyl (C=O) groups excluding carboxylic acids is 1. The summed E-state index contributed by atoms with van der Waals surface area (Å²) in [4.78, 5) is 11.5. The molecule has 0 saturated carbocycles. The van der Waals surface area contributed by atoms with E-state index in [1.165, 1.54) is 5.56 Å². The zero-order chi connectivity index (χ0) is 12.7. The van der Waals surface area contributed by atoms with Gasteiger partial charge in [0.05, 0.1) is 19.1 Å². The predicted octanol–water partition coefficient (Wildman–Crippen LogP) is 1.40. The monoisotopic (exact) mass is 230 g/mol. The smallest absolute Gasteiger partial charge is 0.234 e. The molecule has 1 amide bonds. The summed E-state index contributed by atoms with van der Waals surface area (Å²) in [5.41, 5.74) is 2.30. The molecule has 0 aromatic heterocycles. The second-order valence-corrected chi connectivity index (χ2v) is 4.01. The first-order chi connectivity index (χ1) is 8.13. The summed E-state index contributed by atoms with van der Waals surface area (Å²) in [7, 11) is 0. The number of nitrogens with one attached hydrogen (secondary N) is 2. The van der Waals surface area contributed by atoms with Gasteiger partial charge in [0.15, 0.2) is 0 Å². The van der Waals surface area contributed by atoms with E-state index in [4.69, 9.17) is 6.42 Å². The third kappa shape index (κ3) is 4.71. The molecule has 17 heavy (non-hydrogen) atoms. The van der Waals surface area contributed by atoms with Gasteiger partial charge in [-0.05, 0) is 19.4 Å². The fraction of sp³-hybridized carbons (Fsp3) is 0.357. The third-order valence-corrected chi connectivity index (χ3v) is 2.43. The molecule has 0 spiro atoms. The lowest BCUT2D eigenvalue weighted by atomic mass is 10.1. The molecule has 0 bridgehead atoms. The molecule has 2 N–H and O–H groups in total. The molecule has 0 aliphatic heterocycles. The van der Waals surface area contributed by atoms with Crippen molar-refractivity contribution in [2.24, 2.45) is 0 Å². The number of amides is 1. The molecule has 0 saturated heterocycles. The number of carbonyl (C=O) groups is 1. The number of hydrogen-bond donors (Lipinski definition) is 2. The van der Waals surface area contributed by atoms with E-state index in [1.807, 2.05) is 32.0 Å². The van der Waals surface area contributed by atoms with Gasteiger partial charge in [-0.2, -0.15) is 0 Å². The van der Waals surface area contributed by atoms with Crippen molar-refractivity contribution >= 4 is 5.91 Å². The highest BCUT2D eigenvalue weighted by atomic mass is 16.1. The van der Waals surface area contributed by atoms with Crippen LogP contribution in [0.15, 0.2) is 24.3 Å². The molecule has 1 aromatic carbocycles. The first kappa shape index (κ1) is 13.3. The van der Waals surface area contributed by atoms with Crippen LogP contribution in [0.5, 0.6) is 0 Å². The van der Waals surface area contributed by atoms with Gasteiger partial charge in [0, 0.05) is 0 Å². The van der Waals surface area contributed by atoms with Crippen LogP contribution in [-0.4, -0.2) is 19.0 Å². The largest absolute Gasteiger partial charge is 0.348 e. The van der Waals surface area contributed by atoms with Crippen LogP contribution in [-0.2, 0) is 4.79 Å². The summed E-state index contributed by atoms with van der Waals surface area (Å²) in [6, 6.07) is 8.11. The Balaban J connectivity index is 2.46. The molecule has 1 aromatic rings. The second kappa shape index (κ2) is 6.72. The van der Waals surface area contributed by atoms with Crippen LogP contribution >= 0.6 is 0 Å². The van der Waals surface area contributed by atoms with Crippen molar-refractivity contribution in [1.82, 2.24) is 10.6 Å². The molecule has 0 heterocycles. The minimum absolute atomic E-state index is 0.00929. The molecule has 0 radical (unpaired) electrons. The highest BCUT2D eigenvalue weighted by Gasteiger charge is 2.08. The third-order valence-electron chi connectivity index (χ3n) is 2.43. The van der Waals surface area contributed by atoms with Crippen LogP contribution in [0.3, 0.4) is 0 Å². The fourth-order valence-electron chi connectivity index (χ4n) is 1.56. The maximum atomic E-state index is 11.5. The van der Waals surface area contributed by atoms with Gasteiger partial charge in [-0.1, -0.05) is 35.7 Å². The number of hydrogen-bond acceptors (Lipinski definition) is 2. The normalized spacial score (nSPS) is 11.6. The van der Waals surface area contributed by atoms with Crippen LogP contribution < -0.4 is 10.6 Å². The average Bonchev–Trinajstić information content (AvgIpc) is 2.29. The van der Waals surface area contributed by atoms with Gasteiger partial charge in [-0.3, -0.25) is 10.1 Å². The second-order valence-electron chi connectivity index (χ2n) is 4.01. The minimum Gasteiger partial charge on any atom is -0.348 e. The zero-order valence-electron chi connectivity index (χ0n) is 10.3. The Hall–Kier alpha value is -1.79. The summed E-state index contributed by atoms with van der Waals surface area (Å²) >= 11 is 0. The van der Waals surface area contributed by atoms with Crippen molar-refractivity contribution in [2.75, 3.05) is 13.1 Å². The Kier molecular flexibility index (Phi) is 5.25. The van der Waals surface area contributed by atoms with Crippen LogP contribution in [0.2, 0.25) is 0 Å². The number of aryl methyl sites for hydroxylation is 1. The fourth-order valence-corrected chi connectivity index (χ4v) is 1.56. The van der Waals surface area contributed by atoms with Crippen molar-refractivity contribution in [3.63, 3.8) is 0 Å². The summed E-state index contributed by atoms with van der Waals surface area (Å²) in [6.45, 7) is 4.66. The number of terminal acetylenes is 1. The van der Waals surface area contributed by atoms with Crippen LogP contribution in [0.25, 0.3) is 0 Å². The van der Waals surface area contributed by atoms with Gasteiger partial charge in [0.25, 0.3) is 0 Å². The Labute approximate surface area is 103 Å². The van der Waals surface area contributed by atoms with Crippen molar-refractivity contribution in [3.05, 3.63) is 35.4 Å². The SMILES string of the molecule is C#CCNCC(=O)N[C@@H](C)c1cccc(C)c1. The highest BCUT2D eigenvalue weighted by Crippen LogP contribution is 2.13. The lowest BCUT2D eigenvalue weighted by Gasteiger charge is -2.14. The van der Waals surface area contributed by atoms with Crippen molar-refractivity contribution in [2.45, 2.75) is 19.9 Å². The topological polar surface area (TPSA) is 41.1 Å². The van der Waals surface area contributed by atoms with E-state index in [1.54, 1.807) is 0 Å². The van der Waals surface area contributed by atoms with Crippen LogP contribution in [0.1, 0.15) is 24.1 Å². The number of rotatable bonds is 5. The molecule has 90 valence electrons. The Morgan fingerprint density at radius 3 is 2.94 bits per heavy atom. The summed E-state index contributed by atoms with van der Waals surface area (Å²) in [5, 5.41) is 5.77. The molecule has 0 aliphatic rings. The van der Waals surface area contributed by atoms with Gasteiger partial charge >= 0.3 is 0 Å². The molecule has 1 rings (SSSR count). The van der Waals surface area contributed by atoms with Gasteiger partial charge < -0.3 is 5.32 Å². The van der Waals surface area contributed by atoms with Gasteiger partial charge in [-0.25, -0.2) is 0 Å². The predicted molar refractivity (Wildman–Crippen MR) is 69.4 cm³/mol. The molecule has 3 heteroatoms. The standard InChI is InChI=1S/C14H18N2O/c1-4-8-15-10-14(17)16-12(3)13-7-5-6-11(2)9-13/h1,5-7,9,12,15H,8,10H2,2-3H3,(H,16,17)/t12-/m0/s1. The van der Waals surface area contributed by atoms with E-state index in [0.29, 0.717) is 6.54 Å². The summed E-state index contributed by atoms with van der Waals surface area (Å²) < 4.78 is 0. The van der Waals surface area contributed by atoms with E-state index in [9.17, 15) is 4.79 Å². The molecular formula is C14H18N2O. The first-order valence-electron chi connectivity index (χ1n) is 5.63. The van der Waals surface area contributed by atoms with E-state index in [0.717, 1.165) is 5.56 Å². The Morgan fingerprint density at radius 1 is 1.53 bits per heavy atom. The molecule has 3 nitrogen and oxygen atoms in total. The Bertz CT molecular complexity index is 420. The van der Waals surface area contributed by atoms with E-state index >= 15 is 0 Å². The molecule has 0 unspecified atom stereocenters.